The molecule has 4 rings (SSSR count). The van der Waals surface area contributed by atoms with Crippen LogP contribution in [0.25, 0.3) is 0 Å². The van der Waals surface area contributed by atoms with E-state index in [1.54, 1.807) is 11.8 Å². The molecule has 0 aromatic heterocycles. The maximum atomic E-state index is 13.6. The van der Waals surface area contributed by atoms with Crippen molar-refractivity contribution in [3.8, 4) is 0 Å². The molecule has 2 saturated heterocycles. The van der Waals surface area contributed by atoms with Gasteiger partial charge in [-0.05, 0) is 63.7 Å². The maximum absolute atomic E-state index is 13.6. The summed E-state index contributed by atoms with van der Waals surface area (Å²) in [5, 5.41) is 6.28. The van der Waals surface area contributed by atoms with Gasteiger partial charge >= 0.3 is 6.09 Å². The first-order valence-electron chi connectivity index (χ1n) is 15.2. The number of amides is 3. The molecule has 3 fully saturated rings. The number of benzene rings is 1. The van der Waals surface area contributed by atoms with Crippen molar-refractivity contribution in [2.75, 3.05) is 36.2 Å². The molecule has 2 atom stereocenters. The van der Waals surface area contributed by atoms with Crippen molar-refractivity contribution in [1.82, 2.24) is 20.4 Å². The van der Waals surface area contributed by atoms with E-state index in [9.17, 15) is 14.4 Å². The summed E-state index contributed by atoms with van der Waals surface area (Å²) < 4.78 is 5.54. The molecule has 0 radical (unpaired) electrons. The topological polar surface area (TPSA) is 91.0 Å². The molecular formula is C31H49ClN4O4S2. The molecule has 2 N–H and O–H groups in total. The fraction of sp³-hybridized carbons (Fsp3) is 0.710. The van der Waals surface area contributed by atoms with Gasteiger partial charge in [-0.15, -0.1) is 24.2 Å². The van der Waals surface area contributed by atoms with E-state index in [1.165, 1.54) is 54.3 Å². The van der Waals surface area contributed by atoms with Crippen molar-refractivity contribution in [2.45, 2.75) is 96.0 Å². The Bertz CT molecular complexity index is 998. The lowest BCUT2D eigenvalue weighted by molar-refractivity contribution is -0.131. The first-order chi connectivity index (χ1) is 19.7. The van der Waals surface area contributed by atoms with Gasteiger partial charge in [0.2, 0.25) is 11.8 Å². The highest BCUT2D eigenvalue weighted by Crippen LogP contribution is 2.27. The Labute approximate surface area is 266 Å². The molecule has 236 valence electrons. The Hall–Kier alpha value is -1.62. The van der Waals surface area contributed by atoms with Crippen LogP contribution in [0, 0.1) is 5.92 Å². The van der Waals surface area contributed by atoms with Gasteiger partial charge in [0, 0.05) is 37.2 Å². The summed E-state index contributed by atoms with van der Waals surface area (Å²) >= 11 is 3.29. The molecule has 1 aromatic carbocycles. The zero-order chi connectivity index (χ0) is 29.2. The van der Waals surface area contributed by atoms with E-state index in [0.29, 0.717) is 23.3 Å². The van der Waals surface area contributed by atoms with E-state index < -0.39 is 23.8 Å². The van der Waals surface area contributed by atoms with E-state index in [4.69, 9.17) is 4.74 Å². The molecule has 1 saturated carbocycles. The summed E-state index contributed by atoms with van der Waals surface area (Å²) in [6, 6.07) is 9.30. The van der Waals surface area contributed by atoms with Gasteiger partial charge < -0.3 is 15.4 Å². The van der Waals surface area contributed by atoms with Gasteiger partial charge in [-0.3, -0.25) is 19.4 Å². The highest BCUT2D eigenvalue weighted by Gasteiger charge is 2.39. The van der Waals surface area contributed by atoms with Crippen molar-refractivity contribution in [2.24, 2.45) is 5.92 Å². The van der Waals surface area contributed by atoms with Crippen LogP contribution >= 0.6 is 35.9 Å². The number of carbonyl (C=O) groups excluding carboxylic acids is 3. The minimum atomic E-state index is -0.644. The first kappa shape index (κ1) is 34.9. The molecule has 1 aromatic rings. The van der Waals surface area contributed by atoms with Crippen LogP contribution in [-0.4, -0.2) is 87.7 Å². The number of carbonyl (C=O) groups is 3. The fourth-order valence-electron chi connectivity index (χ4n) is 5.70. The van der Waals surface area contributed by atoms with Crippen LogP contribution in [0.15, 0.2) is 30.3 Å². The molecular weight excluding hydrogens is 592 g/mol. The van der Waals surface area contributed by atoms with Crippen molar-refractivity contribution >= 4 is 53.8 Å². The summed E-state index contributed by atoms with van der Waals surface area (Å²) in [6.45, 7) is 8.23. The number of piperidine rings is 1. The number of halogens is 1. The Morgan fingerprint density at radius 1 is 1.05 bits per heavy atom. The average molecular weight is 641 g/mol. The van der Waals surface area contributed by atoms with Crippen LogP contribution in [0.5, 0.6) is 0 Å². The van der Waals surface area contributed by atoms with E-state index in [2.05, 4.69) is 39.8 Å². The second-order valence-electron chi connectivity index (χ2n) is 12.6. The van der Waals surface area contributed by atoms with Gasteiger partial charge in [0.05, 0.1) is 5.88 Å². The molecule has 1 aliphatic carbocycles. The third-order valence-electron chi connectivity index (χ3n) is 7.99. The smallest absolute Gasteiger partial charge is 0.411 e. The average Bonchev–Trinajstić information content (AvgIpc) is 3.44. The van der Waals surface area contributed by atoms with Gasteiger partial charge in [0.15, 0.2) is 0 Å². The number of rotatable bonds is 10. The molecule has 11 heteroatoms. The summed E-state index contributed by atoms with van der Waals surface area (Å²) in [5.41, 5.74) is 0.665. The SMILES string of the molecule is CC(C)(C)OC(=O)N1CSC[C@H]1C(=O)N[C@@H](CSCC1CCCCC1)C(=O)NC1CCN(Cc2ccccc2)CC1.Cl. The van der Waals surface area contributed by atoms with Crippen molar-refractivity contribution < 1.29 is 19.1 Å². The van der Waals surface area contributed by atoms with Gasteiger partial charge in [0.25, 0.3) is 0 Å². The molecule has 0 spiro atoms. The van der Waals surface area contributed by atoms with Gasteiger partial charge in [0.1, 0.15) is 17.7 Å². The van der Waals surface area contributed by atoms with E-state index in [-0.39, 0.29) is 30.3 Å². The number of hydrogen-bond donors (Lipinski definition) is 2. The van der Waals surface area contributed by atoms with Crippen LogP contribution in [-0.2, 0) is 20.9 Å². The summed E-state index contributed by atoms with van der Waals surface area (Å²) in [7, 11) is 0. The highest BCUT2D eigenvalue weighted by atomic mass is 35.5. The minimum Gasteiger partial charge on any atom is -0.444 e. The second kappa shape index (κ2) is 17.0. The fourth-order valence-corrected chi connectivity index (χ4v) is 8.11. The van der Waals surface area contributed by atoms with Gasteiger partial charge in [-0.1, -0.05) is 49.6 Å². The summed E-state index contributed by atoms with van der Waals surface area (Å²) in [6.07, 6.45) is 7.69. The number of thioether (sulfide) groups is 2. The van der Waals surface area contributed by atoms with Gasteiger partial charge in [-0.25, -0.2) is 4.79 Å². The third-order valence-corrected chi connectivity index (χ3v) is 10.3. The van der Waals surface area contributed by atoms with Gasteiger partial charge in [-0.2, -0.15) is 11.8 Å². The molecule has 42 heavy (non-hydrogen) atoms. The normalized spacial score (nSPS) is 21.3. The highest BCUT2D eigenvalue weighted by molar-refractivity contribution is 7.99. The van der Waals surface area contributed by atoms with Crippen LogP contribution in [0.2, 0.25) is 0 Å². The molecule has 0 bridgehead atoms. The van der Waals surface area contributed by atoms with Crippen molar-refractivity contribution in [3.05, 3.63) is 35.9 Å². The predicted molar refractivity (Wildman–Crippen MR) is 175 cm³/mol. The lowest BCUT2D eigenvalue weighted by atomic mass is 9.91. The van der Waals surface area contributed by atoms with Crippen LogP contribution in [0.1, 0.15) is 71.3 Å². The van der Waals surface area contributed by atoms with E-state index in [0.717, 1.165) is 38.2 Å². The third kappa shape index (κ3) is 11.1. The number of nitrogens with one attached hydrogen (secondary N) is 2. The number of ether oxygens (including phenoxy) is 1. The Kier molecular flexibility index (Phi) is 14.1. The quantitative estimate of drug-likeness (QED) is 0.359. The lowest BCUT2D eigenvalue weighted by Crippen LogP contribution is -2.57. The maximum Gasteiger partial charge on any atom is 0.411 e. The molecule has 2 aliphatic heterocycles. The summed E-state index contributed by atoms with van der Waals surface area (Å²) in [4.78, 5) is 43.7. The molecule has 8 nitrogen and oxygen atoms in total. The van der Waals surface area contributed by atoms with E-state index in [1.807, 2.05) is 26.8 Å². The standard InChI is InChI=1S/C31H48N4O4S2.ClH/c1-31(2,3)39-30(38)35-22-41-21-27(35)29(37)33-26(20-40-19-24-12-8-5-9-13-24)28(36)32-25-14-16-34(17-15-25)18-23-10-6-4-7-11-23;/h4,6-7,10-11,24-27H,5,8-9,12-22H2,1-3H3,(H,32,36)(H,33,37);1H/t26-,27-;/m0./s1. The van der Waals surface area contributed by atoms with Crippen LogP contribution < -0.4 is 10.6 Å². The Morgan fingerprint density at radius 3 is 2.40 bits per heavy atom. The van der Waals surface area contributed by atoms with Crippen LogP contribution in [0.3, 0.4) is 0 Å². The van der Waals surface area contributed by atoms with Crippen molar-refractivity contribution in [1.29, 1.82) is 0 Å². The molecule has 3 aliphatic rings. The number of likely N-dealkylation sites (tertiary alicyclic amines) is 1. The first-order valence-corrected chi connectivity index (χ1v) is 17.5. The zero-order valence-corrected chi connectivity index (χ0v) is 27.8. The largest absolute Gasteiger partial charge is 0.444 e. The Morgan fingerprint density at radius 2 is 1.74 bits per heavy atom. The molecule has 0 unspecified atom stereocenters. The van der Waals surface area contributed by atoms with Crippen LogP contribution in [0.4, 0.5) is 4.79 Å². The monoisotopic (exact) mass is 640 g/mol. The molecule has 3 amide bonds. The van der Waals surface area contributed by atoms with Crippen molar-refractivity contribution in [3.63, 3.8) is 0 Å². The molecule has 2 heterocycles. The second-order valence-corrected chi connectivity index (χ2v) is 14.7. The predicted octanol–water partition coefficient (Wildman–Crippen LogP) is 5.30. The Balaban J connectivity index is 0.00000484. The summed E-state index contributed by atoms with van der Waals surface area (Å²) in [5.74, 6) is 2.74. The number of hydrogen-bond acceptors (Lipinski definition) is 7. The lowest BCUT2D eigenvalue weighted by Gasteiger charge is -2.33. The van der Waals surface area contributed by atoms with E-state index >= 15 is 0 Å². The zero-order valence-electron chi connectivity index (χ0n) is 25.3. The minimum absolute atomic E-state index is 0. The number of nitrogens with zero attached hydrogens (tertiary/aromatic N) is 2.